The maximum Gasteiger partial charge on any atom is 0.231 e. The Balaban J connectivity index is 2.07. The van der Waals surface area contributed by atoms with E-state index in [0.717, 1.165) is 25.1 Å². The minimum atomic E-state index is -0.365. The van der Waals surface area contributed by atoms with Gasteiger partial charge in [-0.2, -0.15) is 0 Å². The molecule has 1 fully saturated rings. The second-order valence-corrected chi connectivity index (χ2v) is 6.52. The van der Waals surface area contributed by atoms with E-state index in [0.29, 0.717) is 17.3 Å². The van der Waals surface area contributed by atoms with Gasteiger partial charge in [0, 0.05) is 25.7 Å². The Bertz CT molecular complexity index is 591. The van der Waals surface area contributed by atoms with Crippen LogP contribution in [0.5, 0.6) is 0 Å². The van der Waals surface area contributed by atoms with Crippen molar-refractivity contribution in [3.63, 3.8) is 0 Å². The third-order valence-corrected chi connectivity index (χ3v) is 4.19. The number of hydrogen-bond acceptors (Lipinski definition) is 4. The van der Waals surface area contributed by atoms with Crippen LogP contribution in [-0.4, -0.2) is 50.4 Å². The molecule has 0 aliphatic carbocycles. The molecular formula is C16H23ClN4O2. The number of rotatable bonds is 5. The van der Waals surface area contributed by atoms with Crippen LogP contribution in [0, 0.1) is 5.92 Å². The fourth-order valence-electron chi connectivity index (χ4n) is 2.87. The molecule has 1 aromatic carbocycles. The molecule has 6 nitrogen and oxygen atoms in total. The molecule has 0 spiro atoms. The molecule has 0 bridgehead atoms. The van der Waals surface area contributed by atoms with Crippen LogP contribution in [0.15, 0.2) is 18.2 Å². The minimum Gasteiger partial charge on any atom is -0.376 e. The fraction of sp³-hybridized carbons (Fsp3) is 0.500. The second kappa shape index (κ2) is 7.66. The number of likely N-dealkylation sites (tertiary alicyclic amines) is 1. The molecule has 1 saturated heterocycles. The molecule has 1 atom stereocenters. The number of halogens is 1. The number of benzene rings is 1. The number of nitrogens with one attached hydrogen (secondary N) is 1. The smallest absolute Gasteiger partial charge is 0.231 e. The molecule has 0 saturated carbocycles. The van der Waals surface area contributed by atoms with Gasteiger partial charge in [0.05, 0.1) is 23.8 Å². The van der Waals surface area contributed by atoms with Gasteiger partial charge in [-0.25, -0.2) is 0 Å². The van der Waals surface area contributed by atoms with Crippen LogP contribution in [0.3, 0.4) is 0 Å². The number of amides is 2. The van der Waals surface area contributed by atoms with Gasteiger partial charge < -0.3 is 16.0 Å². The van der Waals surface area contributed by atoms with Gasteiger partial charge in [0.15, 0.2) is 0 Å². The highest BCUT2D eigenvalue weighted by atomic mass is 35.5. The molecule has 1 aliphatic heterocycles. The molecule has 3 N–H and O–H groups in total. The van der Waals surface area contributed by atoms with E-state index in [2.05, 4.69) is 5.32 Å². The zero-order valence-electron chi connectivity index (χ0n) is 13.5. The van der Waals surface area contributed by atoms with Crippen molar-refractivity contribution < 1.29 is 9.59 Å². The number of nitrogens with two attached hydrogens (primary N) is 1. The summed E-state index contributed by atoms with van der Waals surface area (Å²) in [6, 6.07) is 5.42. The third kappa shape index (κ3) is 4.84. The molecule has 0 aromatic heterocycles. The van der Waals surface area contributed by atoms with E-state index in [1.807, 2.05) is 30.0 Å². The molecular weight excluding hydrogens is 316 g/mol. The van der Waals surface area contributed by atoms with E-state index in [1.165, 1.54) is 0 Å². The van der Waals surface area contributed by atoms with Crippen molar-refractivity contribution in [2.24, 2.45) is 11.7 Å². The number of piperidine rings is 1. The highest BCUT2D eigenvalue weighted by Gasteiger charge is 2.27. The Kier molecular flexibility index (Phi) is 5.85. The quantitative estimate of drug-likeness (QED) is 0.853. The first-order valence-corrected chi connectivity index (χ1v) is 8.03. The van der Waals surface area contributed by atoms with Crippen LogP contribution in [0.1, 0.15) is 12.8 Å². The van der Waals surface area contributed by atoms with E-state index in [4.69, 9.17) is 17.3 Å². The van der Waals surface area contributed by atoms with Gasteiger partial charge in [0.2, 0.25) is 11.8 Å². The molecule has 1 unspecified atom stereocenters. The maximum atomic E-state index is 12.6. The lowest BCUT2D eigenvalue weighted by atomic mass is 9.97. The van der Waals surface area contributed by atoms with E-state index < -0.39 is 0 Å². The summed E-state index contributed by atoms with van der Waals surface area (Å²) in [6.07, 6.45) is 1.68. The zero-order valence-corrected chi connectivity index (χ0v) is 14.3. The first-order chi connectivity index (χ1) is 10.9. The Labute approximate surface area is 141 Å². The molecule has 1 aliphatic rings. The van der Waals surface area contributed by atoms with Crippen molar-refractivity contribution in [3.8, 4) is 0 Å². The zero-order chi connectivity index (χ0) is 17.0. The highest BCUT2D eigenvalue weighted by molar-refractivity contribution is 6.31. The van der Waals surface area contributed by atoms with Gasteiger partial charge in [0.25, 0.3) is 0 Å². The van der Waals surface area contributed by atoms with Gasteiger partial charge in [-0.05, 0) is 37.6 Å². The predicted molar refractivity (Wildman–Crippen MR) is 92.8 cm³/mol. The predicted octanol–water partition coefficient (Wildman–Crippen LogP) is 1.54. The number of primary amides is 1. The maximum absolute atomic E-state index is 12.6. The molecule has 126 valence electrons. The average Bonchev–Trinajstić information content (AvgIpc) is 2.46. The highest BCUT2D eigenvalue weighted by Crippen LogP contribution is 2.29. The van der Waals surface area contributed by atoms with Crippen molar-refractivity contribution in [1.82, 2.24) is 4.90 Å². The van der Waals surface area contributed by atoms with Crippen LogP contribution in [-0.2, 0) is 9.59 Å². The molecule has 2 amide bonds. The van der Waals surface area contributed by atoms with E-state index in [-0.39, 0.29) is 24.3 Å². The normalized spacial score (nSPS) is 18.5. The van der Waals surface area contributed by atoms with Gasteiger partial charge in [-0.1, -0.05) is 11.6 Å². The molecule has 0 radical (unpaired) electrons. The Hall–Kier alpha value is -1.79. The molecule has 1 heterocycles. The number of hydrogen-bond donors (Lipinski definition) is 2. The number of anilines is 2. The SMILES string of the molecule is CN(C)c1ccc(Cl)cc1NC(=O)C1CCCN(CC(N)=O)C1. The van der Waals surface area contributed by atoms with Crippen molar-refractivity contribution >= 4 is 34.8 Å². The van der Waals surface area contributed by atoms with Gasteiger partial charge in [-0.15, -0.1) is 0 Å². The first kappa shape index (κ1) is 17.6. The van der Waals surface area contributed by atoms with E-state index >= 15 is 0 Å². The Morgan fingerprint density at radius 2 is 2.17 bits per heavy atom. The summed E-state index contributed by atoms with van der Waals surface area (Å²) in [5.41, 5.74) is 6.83. The average molecular weight is 339 g/mol. The summed E-state index contributed by atoms with van der Waals surface area (Å²) in [5, 5.41) is 3.54. The number of carbonyl (C=O) groups excluding carboxylic acids is 2. The summed E-state index contributed by atoms with van der Waals surface area (Å²) in [7, 11) is 3.82. The first-order valence-electron chi connectivity index (χ1n) is 7.65. The fourth-order valence-corrected chi connectivity index (χ4v) is 3.04. The monoisotopic (exact) mass is 338 g/mol. The number of nitrogens with zero attached hydrogens (tertiary/aromatic N) is 2. The van der Waals surface area contributed by atoms with Crippen molar-refractivity contribution in [2.75, 3.05) is 43.9 Å². The summed E-state index contributed by atoms with van der Waals surface area (Å²) in [4.78, 5) is 27.5. The molecule has 1 aromatic rings. The van der Waals surface area contributed by atoms with Crippen LogP contribution >= 0.6 is 11.6 Å². The summed E-state index contributed by atoms with van der Waals surface area (Å²) < 4.78 is 0. The third-order valence-electron chi connectivity index (χ3n) is 3.95. The lowest BCUT2D eigenvalue weighted by Gasteiger charge is -2.31. The van der Waals surface area contributed by atoms with E-state index in [9.17, 15) is 9.59 Å². The Morgan fingerprint density at radius 3 is 2.83 bits per heavy atom. The van der Waals surface area contributed by atoms with Crippen LogP contribution < -0.4 is 16.0 Å². The van der Waals surface area contributed by atoms with Crippen LogP contribution in [0.2, 0.25) is 5.02 Å². The molecule has 7 heteroatoms. The standard InChI is InChI=1S/C16H23ClN4O2/c1-20(2)14-6-5-12(17)8-13(14)19-16(23)11-4-3-7-21(9-11)10-15(18)22/h5-6,8,11H,3-4,7,9-10H2,1-2H3,(H2,18,22)(H,19,23). The largest absolute Gasteiger partial charge is 0.376 e. The summed E-state index contributed by atoms with van der Waals surface area (Å²) >= 11 is 6.04. The van der Waals surface area contributed by atoms with Gasteiger partial charge in [0.1, 0.15) is 0 Å². The summed E-state index contributed by atoms with van der Waals surface area (Å²) in [5.74, 6) is -0.572. The second-order valence-electron chi connectivity index (χ2n) is 6.09. The molecule has 2 rings (SSSR count). The van der Waals surface area contributed by atoms with Crippen LogP contribution in [0.25, 0.3) is 0 Å². The Morgan fingerprint density at radius 1 is 1.43 bits per heavy atom. The lowest BCUT2D eigenvalue weighted by Crippen LogP contribution is -2.44. The van der Waals surface area contributed by atoms with Gasteiger partial charge >= 0.3 is 0 Å². The minimum absolute atomic E-state index is 0.0514. The molecule has 23 heavy (non-hydrogen) atoms. The lowest BCUT2D eigenvalue weighted by molar-refractivity contribution is -0.124. The van der Waals surface area contributed by atoms with Crippen molar-refractivity contribution in [3.05, 3.63) is 23.2 Å². The van der Waals surface area contributed by atoms with Crippen LogP contribution in [0.4, 0.5) is 11.4 Å². The van der Waals surface area contributed by atoms with E-state index in [1.54, 1.807) is 12.1 Å². The summed E-state index contributed by atoms with van der Waals surface area (Å²) in [6.45, 7) is 1.55. The number of carbonyl (C=O) groups is 2. The van der Waals surface area contributed by atoms with Crippen molar-refractivity contribution in [1.29, 1.82) is 0 Å². The van der Waals surface area contributed by atoms with Gasteiger partial charge in [-0.3, -0.25) is 14.5 Å². The topological polar surface area (TPSA) is 78.7 Å². The van der Waals surface area contributed by atoms with Crippen molar-refractivity contribution in [2.45, 2.75) is 12.8 Å².